The molecule has 0 fully saturated rings. The summed E-state index contributed by atoms with van der Waals surface area (Å²) in [4.78, 5) is 13.4. The van der Waals surface area contributed by atoms with Crippen LogP contribution in [-0.4, -0.2) is 20.9 Å². The summed E-state index contributed by atoms with van der Waals surface area (Å²) in [5.74, 6) is 0.691. The Labute approximate surface area is 228 Å². The third-order valence-corrected chi connectivity index (χ3v) is 7.95. The van der Waals surface area contributed by atoms with Gasteiger partial charge in [-0.1, -0.05) is 73.5 Å². The minimum absolute atomic E-state index is 0.0969. The summed E-state index contributed by atoms with van der Waals surface area (Å²) in [6.07, 6.45) is 0. The van der Waals surface area contributed by atoms with Crippen molar-refractivity contribution in [3.8, 4) is 11.5 Å². The van der Waals surface area contributed by atoms with Crippen LogP contribution >= 0.6 is 11.6 Å². The highest BCUT2D eigenvalue weighted by molar-refractivity contribution is 7.92. The number of ether oxygens (including phenoxy) is 1. The second kappa shape index (κ2) is 11.7. The Morgan fingerprint density at radius 2 is 1.58 bits per heavy atom. The quantitative estimate of drug-likeness (QED) is 0.236. The molecule has 0 bridgehead atoms. The van der Waals surface area contributed by atoms with Gasteiger partial charge in [-0.2, -0.15) is 0 Å². The lowest BCUT2D eigenvalue weighted by molar-refractivity contribution is -0.114. The summed E-state index contributed by atoms with van der Waals surface area (Å²) in [5, 5.41) is 3.18. The molecule has 0 unspecified atom stereocenters. The lowest BCUT2D eigenvalue weighted by atomic mass is 10.0. The van der Waals surface area contributed by atoms with Crippen molar-refractivity contribution in [3.05, 3.63) is 113 Å². The predicted molar refractivity (Wildman–Crippen MR) is 153 cm³/mol. The molecule has 1 N–H and O–H groups in total. The standard InChI is InChI=1S/C30H29ClN2O4S/c1-21(2)23-11-14-25(15-12-23)33(38(35,36)27-16-9-22(3)10-17-27)20-30(34)32-28-19-24(31)13-18-29(28)37-26-7-5-4-6-8-26/h4-19,21H,20H2,1-3H3,(H,32,34). The number of halogens is 1. The number of hydrogen-bond acceptors (Lipinski definition) is 4. The van der Waals surface area contributed by atoms with Crippen LogP contribution in [0.2, 0.25) is 5.02 Å². The Hall–Kier alpha value is -3.81. The molecule has 0 spiro atoms. The highest BCUT2D eigenvalue weighted by Gasteiger charge is 2.28. The van der Waals surface area contributed by atoms with E-state index in [1.165, 1.54) is 0 Å². The summed E-state index contributed by atoms with van der Waals surface area (Å²) in [5.41, 5.74) is 2.71. The van der Waals surface area contributed by atoms with Crippen LogP contribution in [0.15, 0.2) is 102 Å². The summed E-state index contributed by atoms with van der Waals surface area (Å²) in [6.45, 7) is 5.55. The van der Waals surface area contributed by atoms with Gasteiger partial charge in [-0.25, -0.2) is 8.42 Å². The predicted octanol–water partition coefficient (Wildman–Crippen LogP) is 7.40. The average molecular weight is 549 g/mol. The molecule has 0 aliphatic carbocycles. The van der Waals surface area contributed by atoms with Crippen molar-refractivity contribution in [1.29, 1.82) is 0 Å². The van der Waals surface area contributed by atoms with Gasteiger partial charge in [-0.3, -0.25) is 9.10 Å². The molecule has 0 aliphatic rings. The van der Waals surface area contributed by atoms with Gasteiger partial charge >= 0.3 is 0 Å². The number of carbonyl (C=O) groups is 1. The summed E-state index contributed by atoms with van der Waals surface area (Å²) in [6, 6.07) is 27.7. The average Bonchev–Trinajstić information content (AvgIpc) is 2.90. The number of hydrogen-bond donors (Lipinski definition) is 1. The minimum Gasteiger partial charge on any atom is -0.455 e. The van der Waals surface area contributed by atoms with E-state index in [0.717, 1.165) is 15.4 Å². The number of nitrogens with one attached hydrogen (secondary N) is 1. The normalized spacial score (nSPS) is 11.3. The topological polar surface area (TPSA) is 75.7 Å². The van der Waals surface area contributed by atoms with E-state index in [1.54, 1.807) is 66.7 Å². The Morgan fingerprint density at radius 1 is 0.921 bits per heavy atom. The Bertz CT molecular complexity index is 1500. The first-order valence-electron chi connectivity index (χ1n) is 12.1. The van der Waals surface area contributed by atoms with E-state index in [1.807, 2.05) is 37.3 Å². The third-order valence-electron chi connectivity index (χ3n) is 5.93. The fourth-order valence-corrected chi connectivity index (χ4v) is 5.40. The van der Waals surface area contributed by atoms with E-state index in [-0.39, 0.29) is 10.8 Å². The molecule has 1 amide bonds. The highest BCUT2D eigenvalue weighted by atomic mass is 35.5. The minimum atomic E-state index is -4.04. The molecule has 4 rings (SSSR count). The number of benzene rings is 4. The Kier molecular flexibility index (Phi) is 8.39. The fraction of sp³-hybridized carbons (Fsp3) is 0.167. The van der Waals surface area contributed by atoms with E-state index in [2.05, 4.69) is 19.2 Å². The van der Waals surface area contributed by atoms with E-state index in [4.69, 9.17) is 16.3 Å². The van der Waals surface area contributed by atoms with E-state index < -0.39 is 22.5 Å². The number of para-hydroxylation sites is 1. The second-order valence-corrected chi connectivity index (χ2v) is 11.5. The number of anilines is 2. The van der Waals surface area contributed by atoms with Gasteiger partial charge in [0.05, 0.1) is 16.3 Å². The first-order chi connectivity index (χ1) is 18.1. The van der Waals surface area contributed by atoms with Gasteiger partial charge in [0.2, 0.25) is 5.91 Å². The molecule has 196 valence electrons. The zero-order valence-electron chi connectivity index (χ0n) is 21.4. The van der Waals surface area contributed by atoms with Gasteiger partial charge in [-0.15, -0.1) is 0 Å². The number of nitrogens with zero attached hydrogens (tertiary/aromatic N) is 1. The third kappa shape index (κ3) is 6.54. The van der Waals surface area contributed by atoms with Crippen LogP contribution in [0, 0.1) is 6.92 Å². The van der Waals surface area contributed by atoms with Gasteiger partial charge in [0.15, 0.2) is 5.75 Å². The molecule has 0 aliphatic heterocycles. The van der Waals surface area contributed by atoms with Crippen LogP contribution in [0.3, 0.4) is 0 Å². The van der Waals surface area contributed by atoms with Crippen molar-refractivity contribution in [2.45, 2.75) is 31.6 Å². The van der Waals surface area contributed by atoms with Gasteiger partial charge in [-0.05, 0) is 73.0 Å². The number of sulfonamides is 1. The molecule has 8 heteroatoms. The van der Waals surface area contributed by atoms with Crippen molar-refractivity contribution in [3.63, 3.8) is 0 Å². The lowest BCUT2D eigenvalue weighted by Gasteiger charge is -2.25. The number of rotatable bonds is 9. The van der Waals surface area contributed by atoms with Crippen LogP contribution in [0.1, 0.15) is 30.9 Å². The summed E-state index contributed by atoms with van der Waals surface area (Å²) >= 11 is 6.20. The van der Waals surface area contributed by atoms with E-state index in [9.17, 15) is 13.2 Å². The smallest absolute Gasteiger partial charge is 0.264 e. The van der Waals surface area contributed by atoms with Crippen molar-refractivity contribution in [2.24, 2.45) is 0 Å². The molecule has 0 atom stereocenters. The zero-order valence-corrected chi connectivity index (χ0v) is 23.0. The molecule has 0 saturated carbocycles. The fourth-order valence-electron chi connectivity index (χ4n) is 3.80. The van der Waals surface area contributed by atoms with Gasteiger partial charge in [0.1, 0.15) is 12.3 Å². The molecule has 0 radical (unpaired) electrons. The molecular formula is C30H29ClN2O4S. The maximum absolute atomic E-state index is 13.7. The van der Waals surface area contributed by atoms with E-state index >= 15 is 0 Å². The Balaban J connectivity index is 1.65. The van der Waals surface area contributed by atoms with Crippen LogP contribution in [-0.2, 0) is 14.8 Å². The molecule has 4 aromatic rings. The molecular weight excluding hydrogens is 520 g/mol. The highest BCUT2D eigenvalue weighted by Crippen LogP contribution is 2.32. The summed E-state index contributed by atoms with van der Waals surface area (Å²) in [7, 11) is -4.04. The number of aryl methyl sites for hydroxylation is 1. The van der Waals surface area contributed by atoms with Gasteiger partial charge < -0.3 is 10.1 Å². The number of carbonyl (C=O) groups excluding carboxylic acids is 1. The second-order valence-electron chi connectivity index (χ2n) is 9.17. The maximum Gasteiger partial charge on any atom is 0.264 e. The van der Waals surface area contributed by atoms with Gasteiger partial charge in [0.25, 0.3) is 10.0 Å². The van der Waals surface area contributed by atoms with Crippen molar-refractivity contribution < 1.29 is 17.9 Å². The van der Waals surface area contributed by atoms with Crippen molar-refractivity contribution in [2.75, 3.05) is 16.2 Å². The monoisotopic (exact) mass is 548 g/mol. The van der Waals surface area contributed by atoms with Crippen molar-refractivity contribution >= 4 is 38.9 Å². The van der Waals surface area contributed by atoms with E-state index in [0.29, 0.717) is 27.9 Å². The molecule has 6 nitrogen and oxygen atoms in total. The molecule has 0 aromatic heterocycles. The largest absolute Gasteiger partial charge is 0.455 e. The number of amides is 1. The zero-order chi connectivity index (χ0) is 27.3. The van der Waals surface area contributed by atoms with Crippen molar-refractivity contribution in [1.82, 2.24) is 0 Å². The lowest BCUT2D eigenvalue weighted by Crippen LogP contribution is -2.38. The van der Waals surface area contributed by atoms with Crippen LogP contribution in [0.25, 0.3) is 0 Å². The first kappa shape index (κ1) is 27.2. The summed E-state index contributed by atoms with van der Waals surface area (Å²) < 4.78 is 34.5. The van der Waals surface area contributed by atoms with Crippen LogP contribution in [0.4, 0.5) is 11.4 Å². The van der Waals surface area contributed by atoms with Crippen LogP contribution in [0.5, 0.6) is 11.5 Å². The molecule has 0 heterocycles. The first-order valence-corrected chi connectivity index (χ1v) is 14.0. The molecule has 4 aromatic carbocycles. The van der Waals surface area contributed by atoms with Gasteiger partial charge in [0, 0.05) is 5.02 Å². The molecule has 38 heavy (non-hydrogen) atoms. The maximum atomic E-state index is 13.7. The Morgan fingerprint density at radius 3 is 2.21 bits per heavy atom. The SMILES string of the molecule is Cc1ccc(S(=O)(=O)N(CC(=O)Nc2cc(Cl)ccc2Oc2ccccc2)c2ccc(C(C)C)cc2)cc1. The van der Waals surface area contributed by atoms with Crippen LogP contribution < -0.4 is 14.4 Å². The molecule has 0 saturated heterocycles.